The van der Waals surface area contributed by atoms with Crippen molar-refractivity contribution in [2.45, 2.75) is 19.6 Å². The first-order chi connectivity index (χ1) is 17.2. The number of fused-ring (bicyclic) bond motifs is 2. The molecule has 0 saturated carbocycles. The van der Waals surface area contributed by atoms with Gasteiger partial charge in [0.25, 0.3) is 0 Å². The van der Waals surface area contributed by atoms with Crippen molar-refractivity contribution in [3.05, 3.63) is 73.6 Å². The summed E-state index contributed by atoms with van der Waals surface area (Å²) in [5.41, 5.74) is 7.79. The molecule has 1 unspecified atom stereocenters. The molecular formula is C26H22N8O. The molecule has 0 saturated heterocycles. The first-order valence-corrected chi connectivity index (χ1v) is 11.3. The molecule has 6 rings (SSSR count). The number of rotatable bonds is 6. The van der Waals surface area contributed by atoms with Gasteiger partial charge in [-0.05, 0) is 36.2 Å². The van der Waals surface area contributed by atoms with E-state index in [1.54, 1.807) is 37.2 Å². The lowest BCUT2D eigenvalue weighted by molar-refractivity contribution is 0.199. The molecule has 0 amide bonds. The lowest BCUT2D eigenvalue weighted by Crippen LogP contribution is -2.16. The SMILES string of the molecule is CCC(O)Nc1cncc(-c2ccc3[nH]nc(-c4nc5c(-c6cccnc6)cncc5[nH]4)c3c2)c1. The van der Waals surface area contributed by atoms with Gasteiger partial charge in [-0.15, -0.1) is 0 Å². The molecule has 35 heavy (non-hydrogen) atoms. The smallest absolute Gasteiger partial charge is 0.159 e. The van der Waals surface area contributed by atoms with Gasteiger partial charge in [-0.25, -0.2) is 4.98 Å². The van der Waals surface area contributed by atoms with Crippen molar-refractivity contribution >= 4 is 27.6 Å². The third-order valence-electron chi connectivity index (χ3n) is 5.95. The standard InChI is InChI=1S/C26H22N8O/c1-2-23(35)30-18-8-17(11-28-12-18)15-5-6-21-19(9-15)25(34-33-21)26-31-22-14-29-13-20(24(22)32-26)16-4-3-7-27-10-16/h3-14,23,30,35H,2H2,1H3,(H,31,32)(H,33,34). The summed E-state index contributed by atoms with van der Waals surface area (Å²) >= 11 is 0. The molecule has 9 heteroatoms. The highest BCUT2D eigenvalue weighted by Gasteiger charge is 2.16. The molecule has 0 fully saturated rings. The number of aliphatic hydroxyl groups is 1. The van der Waals surface area contributed by atoms with Crippen LogP contribution in [0.3, 0.4) is 0 Å². The Bertz CT molecular complexity index is 1640. The molecule has 1 atom stereocenters. The van der Waals surface area contributed by atoms with E-state index in [0.29, 0.717) is 12.2 Å². The van der Waals surface area contributed by atoms with Gasteiger partial charge in [0, 0.05) is 46.9 Å². The molecule has 172 valence electrons. The Balaban J connectivity index is 1.43. The Hall–Kier alpha value is -4.63. The molecule has 0 spiro atoms. The summed E-state index contributed by atoms with van der Waals surface area (Å²) in [7, 11) is 0. The summed E-state index contributed by atoms with van der Waals surface area (Å²) in [5, 5.41) is 21.6. The van der Waals surface area contributed by atoms with Gasteiger partial charge < -0.3 is 15.4 Å². The van der Waals surface area contributed by atoms with Crippen molar-refractivity contribution in [3.8, 4) is 33.8 Å². The molecule has 4 N–H and O–H groups in total. The highest BCUT2D eigenvalue weighted by Crippen LogP contribution is 2.33. The van der Waals surface area contributed by atoms with Crippen LogP contribution >= 0.6 is 0 Å². The first-order valence-electron chi connectivity index (χ1n) is 11.3. The zero-order valence-corrected chi connectivity index (χ0v) is 18.9. The van der Waals surface area contributed by atoms with Gasteiger partial charge in [0.05, 0.1) is 29.1 Å². The lowest BCUT2D eigenvalue weighted by atomic mass is 10.0. The van der Waals surface area contributed by atoms with E-state index in [9.17, 15) is 5.11 Å². The number of hydrogen-bond donors (Lipinski definition) is 4. The molecule has 0 aliphatic heterocycles. The number of pyridine rings is 3. The Kier molecular flexibility index (Phi) is 5.16. The fourth-order valence-electron chi connectivity index (χ4n) is 4.12. The summed E-state index contributed by atoms with van der Waals surface area (Å²) in [6.45, 7) is 1.91. The fourth-order valence-corrected chi connectivity index (χ4v) is 4.12. The van der Waals surface area contributed by atoms with Crippen LogP contribution in [0.4, 0.5) is 5.69 Å². The minimum Gasteiger partial charge on any atom is -0.374 e. The average Bonchev–Trinajstić information content (AvgIpc) is 3.53. The first kappa shape index (κ1) is 20.9. The van der Waals surface area contributed by atoms with E-state index >= 15 is 0 Å². The molecule has 0 aliphatic rings. The Morgan fingerprint density at radius 1 is 0.914 bits per heavy atom. The summed E-state index contributed by atoms with van der Waals surface area (Å²) in [6, 6.07) is 11.9. The fraction of sp³-hybridized carbons (Fsp3) is 0.115. The second-order valence-corrected chi connectivity index (χ2v) is 8.27. The summed E-state index contributed by atoms with van der Waals surface area (Å²) in [6.07, 6.45) is 10.6. The van der Waals surface area contributed by atoms with E-state index in [0.717, 1.165) is 55.6 Å². The number of H-pyrrole nitrogens is 2. The molecule has 9 nitrogen and oxygen atoms in total. The van der Waals surface area contributed by atoms with Crippen LogP contribution in [0.15, 0.2) is 73.6 Å². The van der Waals surface area contributed by atoms with E-state index in [4.69, 9.17) is 4.98 Å². The Morgan fingerprint density at radius 3 is 2.66 bits per heavy atom. The van der Waals surface area contributed by atoms with Crippen LogP contribution in [0, 0.1) is 0 Å². The predicted molar refractivity (Wildman–Crippen MR) is 135 cm³/mol. The minimum absolute atomic E-state index is 0.601. The Morgan fingerprint density at radius 2 is 1.80 bits per heavy atom. The number of aromatic amines is 2. The Labute approximate surface area is 200 Å². The molecule has 0 aliphatic carbocycles. The van der Waals surface area contributed by atoms with Crippen molar-refractivity contribution in [2.24, 2.45) is 0 Å². The molecule has 6 aromatic rings. The van der Waals surface area contributed by atoms with Crippen molar-refractivity contribution in [2.75, 3.05) is 5.32 Å². The van der Waals surface area contributed by atoms with Gasteiger partial charge in [0.2, 0.25) is 0 Å². The number of aliphatic hydroxyl groups excluding tert-OH is 1. The van der Waals surface area contributed by atoms with Crippen molar-refractivity contribution in [3.63, 3.8) is 0 Å². The van der Waals surface area contributed by atoms with Gasteiger partial charge >= 0.3 is 0 Å². The summed E-state index contributed by atoms with van der Waals surface area (Å²) in [5.74, 6) is 0.654. The number of benzene rings is 1. The number of aromatic nitrogens is 7. The van der Waals surface area contributed by atoms with Gasteiger partial charge in [-0.2, -0.15) is 5.10 Å². The van der Waals surface area contributed by atoms with E-state index in [1.807, 2.05) is 37.3 Å². The zero-order valence-electron chi connectivity index (χ0n) is 18.9. The van der Waals surface area contributed by atoms with E-state index < -0.39 is 6.23 Å². The summed E-state index contributed by atoms with van der Waals surface area (Å²) < 4.78 is 0. The maximum atomic E-state index is 9.93. The quantitative estimate of drug-likeness (QED) is 0.263. The van der Waals surface area contributed by atoms with Crippen LogP contribution in [0.2, 0.25) is 0 Å². The maximum absolute atomic E-state index is 9.93. The summed E-state index contributed by atoms with van der Waals surface area (Å²) in [4.78, 5) is 21.2. The van der Waals surface area contributed by atoms with Crippen LogP contribution < -0.4 is 5.32 Å². The minimum atomic E-state index is -0.617. The zero-order chi connectivity index (χ0) is 23.8. The average molecular weight is 463 g/mol. The van der Waals surface area contributed by atoms with Gasteiger partial charge in [0.1, 0.15) is 17.4 Å². The highest BCUT2D eigenvalue weighted by atomic mass is 16.3. The third-order valence-corrected chi connectivity index (χ3v) is 5.95. The van der Waals surface area contributed by atoms with E-state index in [1.165, 1.54) is 0 Å². The van der Waals surface area contributed by atoms with E-state index in [2.05, 4.69) is 41.5 Å². The van der Waals surface area contributed by atoms with Gasteiger partial charge in [-0.1, -0.05) is 19.1 Å². The normalized spacial score (nSPS) is 12.3. The molecule has 5 aromatic heterocycles. The van der Waals surface area contributed by atoms with Crippen LogP contribution in [-0.2, 0) is 0 Å². The number of imidazole rings is 1. The third kappa shape index (κ3) is 3.87. The largest absolute Gasteiger partial charge is 0.374 e. The van der Waals surface area contributed by atoms with Crippen LogP contribution in [0.1, 0.15) is 13.3 Å². The molecule has 0 radical (unpaired) electrons. The number of nitrogens with zero attached hydrogens (tertiary/aromatic N) is 5. The monoisotopic (exact) mass is 462 g/mol. The lowest BCUT2D eigenvalue weighted by Gasteiger charge is -2.12. The predicted octanol–water partition coefficient (Wildman–Crippen LogP) is 4.77. The number of anilines is 1. The van der Waals surface area contributed by atoms with Crippen LogP contribution in [0.5, 0.6) is 0 Å². The molecule has 1 aromatic carbocycles. The van der Waals surface area contributed by atoms with Crippen molar-refractivity contribution in [1.29, 1.82) is 0 Å². The second kappa shape index (κ2) is 8.62. The van der Waals surface area contributed by atoms with Crippen LogP contribution in [0.25, 0.3) is 55.7 Å². The van der Waals surface area contributed by atoms with Gasteiger partial charge in [-0.3, -0.25) is 20.1 Å². The number of hydrogen-bond acceptors (Lipinski definition) is 7. The van der Waals surface area contributed by atoms with Crippen LogP contribution in [-0.4, -0.2) is 46.5 Å². The highest BCUT2D eigenvalue weighted by molar-refractivity contribution is 5.98. The maximum Gasteiger partial charge on any atom is 0.159 e. The molecular weight excluding hydrogens is 440 g/mol. The topological polar surface area (TPSA) is 128 Å². The van der Waals surface area contributed by atoms with E-state index in [-0.39, 0.29) is 0 Å². The second-order valence-electron chi connectivity index (χ2n) is 8.27. The molecule has 0 bridgehead atoms. The van der Waals surface area contributed by atoms with Gasteiger partial charge in [0.15, 0.2) is 5.82 Å². The number of nitrogens with one attached hydrogen (secondary N) is 3. The van der Waals surface area contributed by atoms with Crippen molar-refractivity contribution in [1.82, 2.24) is 35.1 Å². The van der Waals surface area contributed by atoms with Crippen molar-refractivity contribution < 1.29 is 5.11 Å². The molecule has 5 heterocycles.